The molecule has 1 aliphatic rings. The quantitative estimate of drug-likeness (QED) is 0.679. The fraction of sp³-hybridized carbons (Fsp3) is 0.778. The van der Waals surface area contributed by atoms with Gasteiger partial charge >= 0.3 is 5.97 Å². The molecule has 4 heteroatoms. The minimum atomic E-state index is -0.949. The van der Waals surface area contributed by atoms with Crippen LogP contribution in [0.1, 0.15) is 32.6 Å². The number of carboxylic acids is 1. The first kappa shape index (κ1) is 10.0. The number of hydrogen-bond donors (Lipinski definition) is 2. The maximum atomic E-state index is 11.3. The zero-order valence-electron chi connectivity index (χ0n) is 7.75. The van der Waals surface area contributed by atoms with Gasteiger partial charge in [-0.25, -0.2) is 4.79 Å². The molecule has 1 fully saturated rings. The van der Waals surface area contributed by atoms with Crippen molar-refractivity contribution in [3.63, 3.8) is 0 Å². The third-order valence-corrected chi connectivity index (χ3v) is 2.50. The Bertz CT molecular complexity index is 211. The molecule has 0 heterocycles. The van der Waals surface area contributed by atoms with Crippen molar-refractivity contribution in [3.8, 4) is 0 Å². The highest BCUT2D eigenvalue weighted by Crippen LogP contribution is 2.26. The molecule has 0 aromatic heterocycles. The molecule has 0 saturated heterocycles. The molecule has 1 saturated carbocycles. The van der Waals surface area contributed by atoms with Gasteiger partial charge in [-0.05, 0) is 19.3 Å². The summed E-state index contributed by atoms with van der Waals surface area (Å²) in [4.78, 5) is 21.9. The molecule has 13 heavy (non-hydrogen) atoms. The van der Waals surface area contributed by atoms with Crippen molar-refractivity contribution >= 4 is 11.9 Å². The lowest BCUT2D eigenvalue weighted by Crippen LogP contribution is -2.44. The molecule has 4 nitrogen and oxygen atoms in total. The Morgan fingerprint density at radius 3 is 2.46 bits per heavy atom. The Labute approximate surface area is 77.3 Å². The van der Waals surface area contributed by atoms with Gasteiger partial charge in [0, 0.05) is 5.92 Å². The van der Waals surface area contributed by atoms with Crippen LogP contribution in [0.4, 0.5) is 0 Å². The molecule has 1 atom stereocenters. The molecule has 1 aliphatic carbocycles. The van der Waals surface area contributed by atoms with E-state index in [1.807, 2.05) is 0 Å². The second kappa shape index (κ2) is 4.25. The highest BCUT2D eigenvalue weighted by molar-refractivity contribution is 5.85. The topological polar surface area (TPSA) is 66.4 Å². The molecule has 0 spiro atoms. The van der Waals surface area contributed by atoms with E-state index in [9.17, 15) is 9.59 Å². The largest absolute Gasteiger partial charge is 0.480 e. The summed E-state index contributed by atoms with van der Waals surface area (Å²) in [5.41, 5.74) is 0. The van der Waals surface area contributed by atoms with E-state index in [1.54, 1.807) is 6.92 Å². The van der Waals surface area contributed by atoms with Crippen molar-refractivity contribution < 1.29 is 14.7 Å². The predicted molar refractivity (Wildman–Crippen MR) is 47.2 cm³/mol. The number of carbonyl (C=O) groups excluding carboxylic acids is 1. The van der Waals surface area contributed by atoms with E-state index in [0.717, 1.165) is 19.3 Å². The number of carbonyl (C=O) groups is 2. The van der Waals surface area contributed by atoms with Crippen molar-refractivity contribution in [2.75, 3.05) is 0 Å². The van der Waals surface area contributed by atoms with E-state index in [2.05, 4.69) is 5.32 Å². The zero-order valence-corrected chi connectivity index (χ0v) is 7.75. The summed E-state index contributed by atoms with van der Waals surface area (Å²) in [5.74, 6) is -0.982. The lowest BCUT2D eigenvalue weighted by atomic mass is 9.84. The number of nitrogens with one attached hydrogen (secondary N) is 1. The molecular formula is C9H15NO3. The summed E-state index contributed by atoms with van der Waals surface area (Å²) in [6.45, 7) is 1.75. The van der Waals surface area contributed by atoms with Crippen LogP contribution >= 0.6 is 0 Å². The first-order valence-electron chi connectivity index (χ1n) is 4.68. The van der Waals surface area contributed by atoms with Gasteiger partial charge in [0.1, 0.15) is 6.04 Å². The third kappa shape index (κ3) is 2.44. The van der Waals surface area contributed by atoms with Gasteiger partial charge in [-0.3, -0.25) is 4.79 Å². The first-order valence-corrected chi connectivity index (χ1v) is 4.68. The number of rotatable bonds is 4. The number of aliphatic carboxylic acids is 1. The van der Waals surface area contributed by atoms with Crippen LogP contribution in [-0.4, -0.2) is 23.0 Å². The Balaban J connectivity index is 2.36. The monoisotopic (exact) mass is 185 g/mol. The minimum absolute atomic E-state index is 0.0633. The van der Waals surface area contributed by atoms with Gasteiger partial charge in [-0.15, -0.1) is 0 Å². The summed E-state index contributed by atoms with van der Waals surface area (Å²) in [5, 5.41) is 11.2. The second-order valence-corrected chi connectivity index (χ2v) is 3.44. The van der Waals surface area contributed by atoms with Crippen molar-refractivity contribution in [2.45, 2.75) is 38.6 Å². The van der Waals surface area contributed by atoms with Crippen LogP contribution in [0.25, 0.3) is 0 Å². The fourth-order valence-corrected chi connectivity index (χ4v) is 1.30. The lowest BCUT2D eigenvalue weighted by Gasteiger charge is -2.25. The van der Waals surface area contributed by atoms with Gasteiger partial charge in [0.15, 0.2) is 0 Å². The zero-order chi connectivity index (χ0) is 9.84. The first-order chi connectivity index (χ1) is 6.15. The predicted octanol–water partition coefficient (Wildman–Crippen LogP) is 0.766. The maximum Gasteiger partial charge on any atom is 0.326 e. The molecule has 0 aromatic carbocycles. The molecule has 0 unspecified atom stereocenters. The maximum absolute atomic E-state index is 11.3. The molecule has 0 bridgehead atoms. The summed E-state index contributed by atoms with van der Waals surface area (Å²) in [7, 11) is 0. The van der Waals surface area contributed by atoms with Crippen LogP contribution in [0, 0.1) is 5.92 Å². The average Bonchev–Trinajstić information content (AvgIpc) is 1.96. The molecular weight excluding hydrogens is 170 g/mol. The molecule has 0 radical (unpaired) electrons. The lowest BCUT2D eigenvalue weighted by molar-refractivity contribution is -0.143. The smallest absolute Gasteiger partial charge is 0.326 e. The Morgan fingerprint density at radius 1 is 1.54 bits per heavy atom. The highest BCUT2D eigenvalue weighted by atomic mass is 16.4. The number of carboxylic acid groups (broad SMARTS) is 1. The number of amides is 1. The minimum Gasteiger partial charge on any atom is -0.480 e. The van der Waals surface area contributed by atoms with E-state index in [-0.39, 0.29) is 11.8 Å². The van der Waals surface area contributed by atoms with E-state index in [0.29, 0.717) is 6.42 Å². The summed E-state index contributed by atoms with van der Waals surface area (Å²) in [6, 6.07) is -0.715. The van der Waals surface area contributed by atoms with E-state index < -0.39 is 12.0 Å². The second-order valence-electron chi connectivity index (χ2n) is 3.44. The number of hydrogen-bond acceptors (Lipinski definition) is 2. The van der Waals surface area contributed by atoms with Crippen molar-refractivity contribution in [3.05, 3.63) is 0 Å². The Morgan fingerprint density at radius 2 is 2.15 bits per heavy atom. The van der Waals surface area contributed by atoms with Crippen LogP contribution < -0.4 is 5.32 Å². The summed E-state index contributed by atoms with van der Waals surface area (Å²) < 4.78 is 0. The van der Waals surface area contributed by atoms with Crippen LogP contribution in [0.3, 0.4) is 0 Å². The Kier molecular flexibility index (Phi) is 3.28. The van der Waals surface area contributed by atoms with Crippen LogP contribution in [0.2, 0.25) is 0 Å². The van der Waals surface area contributed by atoms with E-state index >= 15 is 0 Å². The Hall–Kier alpha value is -1.06. The van der Waals surface area contributed by atoms with E-state index in [4.69, 9.17) is 5.11 Å². The van der Waals surface area contributed by atoms with Gasteiger partial charge in [-0.1, -0.05) is 13.3 Å². The van der Waals surface area contributed by atoms with Gasteiger partial charge in [0.2, 0.25) is 5.91 Å². The SMILES string of the molecule is CC[C@H](NC(=O)C1CCC1)C(=O)O. The molecule has 0 aliphatic heterocycles. The van der Waals surface area contributed by atoms with Crippen LogP contribution in [-0.2, 0) is 9.59 Å². The fourth-order valence-electron chi connectivity index (χ4n) is 1.30. The molecule has 1 amide bonds. The van der Waals surface area contributed by atoms with Gasteiger partial charge in [0.05, 0.1) is 0 Å². The molecule has 0 aromatic rings. The van der Waals surface area contributed by atoms with Gasteiger partial charge in [-0.2, -0.15) is 0 Å². The summed E-state index contributed by atoms with van der Waals surface area (Å²) in [6.07, 6.45) is 3.33. The van der Waals surface area contributed by atoms with Crippen molar-refractivity contribution in [1.82, 2.24) is 5.32 Å². The van der Waals surface area contributed by atoms with Gasteiger partial charge < -0.3 is 10.4 Å². The molecule has 2 N–H and O–H groups in total. The van der Waals surface area contributed by atoms with Gasteiger partial charge in [0.25, 0.3) is 0 Å². The van der Waals surface area contributed by atoms with E-state index in [1.165, 1.54) is 0 Å². The van der Waals surface area contributed by atoms with Crippen LogP contribution in [0.5, 0.6) is 0 Å². The van der Waals surface area contributed by atoms with Crippen molar-refractivity contribution in [1.29, 1.82) is 0 Å². The van der Waals surface area contributed by atoms with Crippen molar-refractivity contribution in [2.24, 2.45) is 5.92 Å². The van der Waals surface area contributed by atoms with Crippen LogP contribution in [0.15, 0.2) is 0 Å². The molecule has 1 rings (SSSR count). The molecule has 74 valence electrons. The highest BCUT2D eigenvalue weighted by Gasteiger charge is 2.28. The third-order valence-electron chi connectivity index (χ3n) is 2.50. The summed E-state index contributed by atoms with van der Waals surface area (Å²) >= 11 is 0. The standard InChI is InChI=1S/C9H15NO3/c1-2-7(9(12)13)10-8(11)6-4-3-5-6/h6-7H,2-5H2,1H3,(H,10,11)(H,12,13)/t7-/m0/s1. The average molecular weight is 185 g/mol. The normalized spacial score (nSPS) is 18.8.